The average molecular weight is 276 g/mol. The van der Waals surface area contributed by atoms with E-state index in [1.165, 1.54) is 31.2 Å². The highest BCUT2D eigenvalue weighted by Crippen LogP contribution is 2.19. The van der Waals surface area contributed by atoms with E-state index in [9.17, 15) is 0 Å². The first kappa shape index (κ1) is 17.2. The molecule has 0 radical (unpaired) electrons. The minimum absolute atomic E-state index is 0.498. The van der Waals surface area contributed by atoms with E-state index in [0.717, 1.165) is 26.2 Å². The van der Waals surface area contributed by atoms with Crippen molar-refractivity contribution in [2.75, 3.05) is 26.2 Å². The van der Waals surface area contributed by atoms with E-state index in [1.54, 1.807) is 0 Å². The molecule has 0 aliphatic heterocycles. The lowest BCUT2D eigenvalue weighted by Gasteiger charge is -2.30. The molecule has 1 rings (SSSR count). The minimum Gasteiger partial charge on any atom is -0.315 e. The van der Waals surface area contributed by atoms with Crippen LogP contribution in [0.25, 0.3) is 0 Å². The van der Waals surface area contributed by atoms with Crippen molar-refractivity contribution in [2.24, 2.45) is 0 Å². The number of hydrogen-bond acceptors (Lipinski definition) is 2. The summed E-state index contributed by atoms with van der Waals surface area (Å²) < 4.78 is 0. The van der Waals surface area contributed by atoms with Crippen molar-refractivity contribution in [1.82, 2.24) is 10.2 Å². The lowest BCUT2D eigenvalue weighted by molar-refractivity contribution is 0.213. The lowest BCUT2D eigenvalue weighted by atomic mass is 10.0. The largest absolute Gasteiger partial charge is 0.315 e. The number of rotatable bonds is 11. The molecular formula is C18H32N2. The molecule has 0 saturated heterocycles. The summed E-state index contributed by atoms with van der Waals surface area (Å²) in [5.74, 6) is 0. The van der Waals surface area contributed by atoms with E-state index in [2.05, 4.69) is 61.3 Å². The van der Waals surface area contributed by atoms with E-state index >= 15 is 0 Å². The number of hydrogen-bond donors (Lipinski definition) is 1. The summed E-state index contributed by atoms with van der Waals surface area (Å²) in [6, 6.07) is 11.4. The predicted octanol–water partition coefficient (Wildman–Crippen LogP) is 4.24. The molecule has 0 amide bonds. The smallest absolute Gasteiger partial charge is 0.0472 e. The van der Waals surface area contributed by atoms with Gasteiger partial charge in [-0.05, 0) is 31.6 Å². The van der Waals surface area contributed by atoms with Gasteiger partial charge in [-0.2, -0.15) is 0 Å². The normalized spacial score (nSPS) is 12.8. The lowest BCUT2D eigenvalue weighted by Crippen LogP contribution is -2.36. The molecule has 0 fully saturated rings. The standard InChI is InChI=1S/C18H32N2/c1-4-7-8-12-15-19-16-18(20(5-2)6-3)17-13-10-9-11-14-17/h9-11,13-14,18-19H,4-8,12,15-16H2,1-3H3. The highest BCUT2D eigenvalue weighted by molar-refractivity contribution is 5.19. The Morgan fingerprint density at radius 2 is 1.65 bits per heavy atom. The first-order chi connectivity index (χ1) is 9.83. The van der Waals surface area contributed by atoms with Gasteiger partial charge in [-0.3, -0.25) is 4.90 Å². The van der Waals surface area contributed by atoms with Gasteiger partial charge in [0, 0.05) is 12.6 Å². The van der Waals surface area contributed by atoms with Crippen molar-refractivity contribution >= 4 is 0 Å². The molecule has 1 aromatic rings. The molecule has 0 aliphatic rings. The minimum atomic E-state index is 0.498. The van der Waals surface area contributed by atoms with Crippen molar-refractivity contribution in [3.8, 4) is 0 Å². The van der Waals surface area contributed by atoms with Crippen molar-refractivity contribution < 1.29 is 0 Å². The molecule has 0 saturated carbocycles. The molecule has 20 heavy (non-hydrogen) atoms. The Labute approximate surface area is 125 Å². The summed E-state index contributed by atoms with van der Waals surface area (Å²) in [6.45, 7) is 11.2. The van der Waals surface area contributed by atoms with Crippen LogP contribution in [0.5, 0.6) is 0 Å². The zero-order valence-corrected chi connectivity index (χ0v) is 13.6. The first-order valence-electron chi connectivity index (χ1n) is 8.33. The molecule has 1 atom stereocenters. The second kappa shape index (κ2) is 10.9. The summed E-state index contributed by atoms with van der Waals surface area (Å²) in [5.41, 5.74) is 1.43. The van der Waals surface area contributed by atoms with E-state index in [-0.39, 0.29) is 0 Å². The summed E-state index contributed by atoms with van der Waals surface area (Å²) >= 11 is 0. The molecule has 0 spiro atoms. The second-order valence-corrected chi connectivity index (χ2v) is 5.41. The second-order valence-electron chi connectivity index (χ2n) is 5.41. The van der Waals surface area contributed by atoms with Gasteiger partial charge in [0.15, 0.2) is 0 Å². The zero-order chi connectivity index (χ0) is 14.6. The Morgan fingerprint density at radius 1 is 0.950 bits per heavy atom. The fourth-order valence-electron chi connectivity index (χ4n) is 2.71. The molecular weight excluding hydrogens is 244 g/mol. The topological polar surface area (TPSA) is 15.3 Å². The van der Waals surface area contributed by atoms with Gasteiger partial charge in [-0.15, -0.1) is 0 Å². The summed E-state index contributed by atoms with van der Waals surface area (Å²) in [6.07, 6.45) is 5.32. The van der Waals surface area contributed by atoms with Gasteiger partial charge in [0.2, 0.25) is 0 Å². The molecule has 0 aliphatic carbocycles. The highest BCUT2D eigenvalue weighted by atomic mass is 15.2. The molecule has 0 heterocycles. The van der Waals surface area contributed by atoms with Crippen LogP contribution in [0.3, 0.4) is 0 Å². The molecule has 2 nitrogen and oxygen atoms in total. The van der Waals surface area contributed by atoms with E-state index < -0.39 is 0 Å². The van der Waals surface area contributed by atoms with Gasteiger partial charge in [-0.1, -0.05) is 70.4 Å². The van der Waals surface area contributed by atoms with Crippen LogP contribution < -0.4 is 5.32 Å². The van der Waals surface area contributed by atoms with Gasteiger partial charge in [0.25, 0.3) is 0 Å². The molecule has 2 heteroatoms. The molecule has 114 valence electrons. The highest BCUT2D eigenvalue weighted by Gasteiger charge is 2.16. The Morgan fingerprint density at radius 3 is 2.25 bits per heavy atom. The maximum absolute atomic E-state index is 3.65. The van der Waals surface area contributed by atoms with Crippen LogP contribution in [0.15, 0.2) is 30.3 Å². The van der Waals surface area contributed by atoms with Gasteiger partial charge < -0.3 is 5.32 Å². The van der Waals surface area contributed by atoms with E-state index in [0.29, 0.717) is 6.04 Å². The van der Waals surface area contributed by atoms with Gasteiger partial charge in [-0.25, -0.2) is 0 Å². The Hall–Kier alpha value is -0.860. The number of benzene rings is 1. The van der Waals surface area contributed by atoms with Crippen LogP contribution in [0.1, 0.15) is 58.1 Å². The van der Waals surface area contributed by atoms with Gasteiger partial charge in [0.1, 0.15) is 0 Å². The van der Waals surface area contributed by atoms with Crippen molar-refractivity contribution in [3.05, 3.63) is 35.9 Å². The van der Waals surface area contributed by atoms with Crippen LogP contribution >= 0.6 is 0 Å². The number of nitrogens with zero attached hydrogens (tertiary/aromatic N) is 1. The quantitative estimate of drug-likeness (QED) is 0.608. The molecule has 1 unspecified atom stereocenters. The van der Waals surface area contributed by atoms with Gasteiger partial charge in [0.05, 0.1) is 0 Å². The maximum Gasteiger partial charge on any atom is 0.0472 e. The van der Waals surface area contributed by atoms with Crippen LogP contribution in [0.2, 0.25) is 0 Å². The molecule has 0 bridgehead atoms. The van der Waals surface area contributed by atoms with E-state index in [4.69, 9.17) is 0 Å². The van der Waals surface area contributed by atoms with Crippen LogP contribution in [-0.2, 0) is 0 Å². The number of unbranched alkanes of at least 4 members (excludes halogenated alkanes) is 3. The third kappa shape index (κ3) is 6.06. The predicted molar refractivity (Wildman–Crippen MR) is 89.1 cm³/mol. The molecule has 1 aromatic carbocycles. The fourth-order valence-corrected chi connectivity index (χ4v) is 2.71. The Balaban J connectivity index is 2.47. The average Bonchev–Trinajstić information content (AvgIpc) is 2.50. The summed E-state index contributed by atoms with van der Waals surface area (Å²) in [7, 11) is 0. The van der Waals surface area contributed by atoms with E-state index in [1.807, 2.05) is 0 Å². The molecule has 1 N–H and O–H groups in total. The third-order valence-electron chi connectivity index (χ3n) is 3.98. The number of nitrogens with one attached hydrogen (secondary N) is 1. The Bertz CT molecular complexity index is 319. The van der Waals surface area contributed by atoms with Crippen molar-refractivity contribution in [3.63, 3.8) is 0 Å². The third-order valence-corrected chi connectivity index (χ3v) is 3.98. The Kier molecular flexibility index (Phi) is 9.35. The van der Waals surface area contributed by atoms with Crippen molar-refractivity contribution in [1.29, 1.82) is 0 Å². The molecule has 0 aromatic heterocycles. The van der Waals surface area contributed by atoms with Crippen LogP contribution in [0, 0.1) is 0 Å². The summed E-state index contributed by atoms with van der Waals surface area (Å²) in [5, 5.41) is 3.65. The van der Waals surface area contributed by atoms with Crippen LogP contribution in [0.4, 0.5) is 0 Å². The van der Waals surface area contributed by atoms with Crippen molar-refractivity contribution in [2.45, 2.75) is 52.5 Å². The monoisotopic (exact) mass is 276 g/mol. The maximum atomic E-state index is 3.65. The van der Waals surface area contributed by atoms with Gasteiger partial charge >= 0.3 is 0 Å². The first-order valence-corrected chi connectivity index (χ1v) is 8.33. The summed E-state index contributed by atoms with van der Waals surface area (Å²) in [4.78, 5) is 2.54. The fraction of sp³-hybridized carbons (Fsp3) is 0.667. The number of likely N-dealkylation sites (N-methyl/N-ethyl adjacent to an activating group) is 1. The SMILES string of the molecule is CCCCCCNCC(c1ccccc1)N(CC)CC. The zero-order valence-electron chi connectivity index (χ0n) is 13.6. The van der Waals surface area contributed by atoms with Crippen LogP contribution in [-0.4, -0.2) is 31.1 Å².